The Bertz CT molecular complexity index is 442. The van der Waals surface area contributed by atoms with Crippen molar-refractivity contribution in [3.63, 3.8) is 0 Å². The van der Waals surface area contributed by atoms with Crippen molar-refractivity contribution < 1.29 is 9.53 Å². The van der Waals surface area contributed by atoms with E-state index in [0.29, 0.717) is 0 Å². The van der Waals surface area contributed by atoms with Gasteiger partial charge < -0.3 is 15.0 Å². The summed E-state index contributed by atoms with van der Waals surface area (Å²) in [6.45, 7) is 7.79. The summed E-state index contributed by atoms with van der Waals surface area (Å²) < 4.78 is 5.62. The predicted molar refractivity (Wildman–Crippen MR) is 81.3 cm³/mol. The van der Waals surface area contributed by atoms with E-state index in [0.717, 1.165) is 37.4 Å². The molecule has 1 amide bonds. The normalized spacial score (nSPS) is 18.9. The van der Waals surface area contributed by atoms with Gasteiger partial charge in [0, 0.05) is 12.2 Å². The van der Waals surface area contributed by atoms with Gasteiger partial charge in [0.1, 0.15) is 5.75 Å². The van der Waals surface area contributed by atoms with Crippen LogP contribution in [0.4, 0.5) is 5.69 Å². The summed E-state index contributed by atoms with van der Waals surface area (Å²) in [7, 11) is 0. The Labute approximate surface area is 121 Å². The van der Waals surface area contributed by atoms with Crippen LogP contribution in [0.25, 0.3) is 0 Å². The maximum Gasteiger partial charge on any atom is 0.244 e. The highest BCUT2D eigenvalue weighted by molar-refractivity contribution is 5.99. The Morgan fingerprint density at radius 1 is 1.35 bits per heavy atom. The van der Waals surface area contributed by atoms with Crippen molar-refractivity contribution in [2.45, 2.75) is 45.8 Å². The molecule has 1 fully saturated rings. The van der Waals surface area contributed by atoms with Crippen molar-refractivity contribution in [2.24, 2.45) is 0 Å². The molecular weight excluding hydrogens is 252 g/mol. The molecule has 20 heavy (non-hydrogen) atoms. The topological polar surface area (TPSA) is 41.6 Å². The van der Waals surface area contributed by atoms with Crippen LogP contribution in [0, 0.1) is 0 Å². The van der Waals surface area contributed by atoms with Crippen LogP contribution in [0.15, 0.2) is 24.3 Å². The molecule has 1 atom stereocenters. The first-order chi connectivity index (χ1) is 9.61. The van der Waals surface area contributed by atoms with E-state index in [4.69, 9.17) is 4.74 Å². The number of nitrogens with zero attached hydrogens (tertiary/aromatic N) is 1. The van der Waals surface area contributed by atoms with Gasteiger partial charge in [0.05, 0.1) is 12.1 Å². The zero-order valence-electron chi connectivity index (χ0n) is 12.6. The number of hydrogen-bond donors (Lipinski definition) is 1. The summed E-state index contributed by atoms with van der Waals surface area (Å²) in [6.07, 6.45) is 2.09. The van der Waals surface area contributed by atoms with E-state index in [9.17, 15) is 4.79 Å². The number of amides is 1. The van der Waals surface area contributed by atoms with Crippen LogP contribution in [0.5, 0.6) is 5.75 Å². The first-order valence-corrected chi connectivity index (χ1v) is 7.43. The van der Waals surface area contributed by atoms with E-state index < -0.39 is 0 Å². The standard InChI is InChI=1S/C16H24N2O2/c1-4-10-17-15-9-11-18(16(15)19)13-5-7-14(8-6-13)20-12(2)3/h5-8,12,15,17H,4,9-11H2,1-3H3. The second kappa shape index (κ2) is 6.75. The maximum absolute atomic E-state index is 12.3. The van der Waals surface area contributed by atoms with Crippen molar-refractivity contribution >= 4 is 11.6 Å². The van der Waals surface area contributed by atoms with Gasteiger partial charge in [-0.1, -0.05) is 6.92 Å². The Kier molecular flexibility index (Phi) is 5.01. The van der Waals surface area contributed by atoms with Gasteiger partial charge in [-0.15, -0.1) is 0 Å². The number of carbonyl (C=O) groups excluding carboxylic acids is 1. The van der Waals surface area contributed by atoms with Crippen molar-refractivity contribution in [1.82, 2.24) is 5.32 Å². The molecule has 4 nitrogen and oxygen atoms in total. The van der Waals surface area contributed by atoms with E-state index in [2.05, 4.69) is 12.2 Å². The zero-order chi connectivity index (χ0) is 14.5. The minimum atomic E-state index is -0.0264. The van der Waals surface area contributed by atoms with Crippen LogP contribution in [-0.2, 0) is 4.79 Å². The van der Waals surface area contributed by atoms with Crippen molar-refractivity contribution in [2.75, 3.05) is 18.0 Å². The molecule has 1 N–H and O–H groups in total. The molecule has 1 heterocycles. The number of ether oxygens (including phenoxy) is 1. The number of anilines is 1. The molecule has 1 aliphatic heterocycles. The van der Waals surface area contributed by atoms with Gasteiger partial charge in [-0.3, -0.25) is 4.79 Å². The third-order valence-electron chi connectivity index (χ3n) is 3.37. The summed E-state index contributed by atoms with van der Waals surface area (Å²) in [5.74, 6) is 1.02. The van der Waals surface area contributed by atoms with E-state index in [1.807, 2.05) is 43.0 Å². The van der Waals surface area contributed by atoms with Gasteiger partial charge in [0.25, 0.3) is 0 Å². The average molecular weight is 276 g/mol. The van der Waals surface area contributed by atoms with Crippen LogP contribution in [0.3, 0.4) is 0 Å². The molecule has 0 radical (unpaired) electrons. The molecule has 0 aromatic heterocycles. The summed E-state index contributed by atoms with van der Waals surface area (Å²) in [4.78, 5) is 14.2. The third kappa shape index (κ3) is 3.51. The van der Waals surface area contributed by atoms with E-state index in [1.54, 1.807) is 0 Å². The highest BCUT2D eigenvalue weighted by atomic mass is 16.5. The lowest BCUT2D eigenvalue weighted by Crippen LogP contribution is -2.38. The molecule has 1 saturated heterocycles. The highest BCUT2D eigenvalue weighted by Crippen LogP contribution is 2.24. The summed E-state index contributed by atoms with van der Waals surface area (Å²) in [6, 6.07) is 7.74. The fourth-order valence-corrected chi connectivity index (χ4v) is 2.42. The van der Waals surface area contributed by atoms with Crippen LogP contribution in [-0.4, -0.2) is 31.1 Å². The van der Waals surface area contributed by atoms with Gasteiger partial charge in [-0.25, -0.2) is 0 Å². The van der Waals surface area contributed by atoms with Crippen LogP contribution in [0.2, 0.25) is 0 Å². The molecule has 0 bridgehead atoms. The van der Waals surface area contributed by atoms with Crippen LogP contribution < -0.4 is 15.0 Å². The molecule has 0 spiro atoms. The minimum absolute atomic E-state index is 0.0264. The number of carbonyl (C=O) groups is 1. The molecular formula is C16H24N2O2. The molecule has 0 saturated carbocycles. The lowest BCUT2D eigenvalue weighted by atomic mass is 10.2. The van der Waals surface area contributed by atoms with E-state index >= 15 is 0 Å². The van der Waals surface area contributed by atoms with Crippen molar-refractivity contribution in [3.05, 3.63) is 24.3 Å². The number of benzene rings is 1. The summed E-state index contributed by atoms with van der Waals surface area (Å²) in [5, 5.41) is 3.30. The van der Waals surface area contributed by atoms with Crippen LogP contribution >= 0.6 is 0 Å². The smallest absolute Gasteiger partial charge is 0.244 e. The number of rotatable bonds is 6. The fraction of sp³-hybridized carbons (Fsp3) is 0.562. The van der Waals surface area contributed by atoms with Gasteiger partial charge in [-0.05, 0) is 57.5 Å². The van der Waals surface area contributed by atoms with Crippen LogP contribution in [0.1, 0.15) is 33.6 Å². The summed E-state index contributed by atoms with van der Waals surface area (Å²) in [5.41, 5.74) is 0.951. The second-order valence-electron chi connectivity index (χ2n) is 5.45. The monoisotopic (exact) mass is 276 g/mol. The minimum Gasteiger partial charge on any atom is -0.491 e. The van der Waals surface area contributed by atoms with Crippen molar-refractivity contribution in [3.8, 4) is 5.75 Å². The fourth-order valence-electron chi connectivity index (χ4n) is 2.42. The molecule has 1 aliphatic rings. The predicted octanol–water partition coefficient (Wildman–Crippen LogP) is 2.58. The maximum atomic E-state index is 12.3. The van der Waals surface area contributed by atoms with E-state index in [-0.39, 0.29) is 18.1 Å². The first-order valence-electron chi connectivity index (χ1n) is 7.43. The van der Waals surface area contributed by atoms with Crippen molar-refractivity contribution in [1.29, 1.82) is 0 Å². The average Bonchev–Trinajstić information content (AvgIpc) is 2.78. The molecule has 110 valence electrons. The molecule has 1 aromatic carbocycles. The Morgan fingerprint density at radius 3 is 2.65 bits per heavy atom. The Morgan fingerprint density at radius 2 is 2.05 bits per heavy atom. The Hall–Kier alpha value is -1.55. The van der Waals surface area contributed by atoms with Gasteiger partial charge in [0.2, 0.25) is 5.91 Å². The number of nitrogens with one attached hydrogen (secondary N) is 1. The quantitative estimate of drug-likeness (QED) is 0.868. The number of hydrogen-bond acceptors (Lipinski definition) is 3. The lowest BCUT2D eigenvalue weighted by Gasteiger charge is -2.18. The third-order valence-corrected chi connectivity index (χ3v) is 3.37. The molecule has 2 rings (SSSR count). The largest absolute Gasteiger partial charge is 0.491 e. The molecule has 1 unspecified atom stereocenters. The van der Waals surface area contributed by atoms with Gasteiger partial charge >= 0.3 is 0 Å². The molecule has 1 aromatic rings. The van der Waals surface area contributed by atoms with Gasteiger partial charge in [-0.2, -0.15) is 0 Å². The summed E-state index contributed by atoms with van der Waals surface area (Å²) >= 11 is 0. The first kappa shape index (κ1) is 14.9. The van der Waals surface area contributed by atoms with Gasteiger partial charge in [0.15, 0.2) is 0 Å². The zero-order valence-corrected chi connectivity index (χ0v) is 12.6. The highest BCUT2D eigenvalue weighted by Gasteiger charge is 2.31. The lowest BCUT2D eigenvalue weighted by molar-refractivity contribution is -0.118. The molecule has 4 heteroatoms. The SMILES string of the molecule is CCCNC1CCN(c2ccc(OC(C)C)cc2)C1=O. The second-order valence-corrected chi connectivity index (χ2v) is 5.45. The Balaban J connectivity index is 2.00. The van der Waals surface area contributed by atoms with E-state index in [1.165, 1.54) is 0 Å². The molecule has 0 aliphatic carbocycles.